The van der Waals surface area contributed by atoms with Crippen molar-refractivity contribution < 1.29 is 19.0 Å². The average molecular weight is 305 g/mol. The standard InChI is InChI=1S/C17H23NO4/c1-3-9-20-10-11-22-17(19)13-18-8-7-14-12-15(21-4-2)5-6-16(14)18/h5-8,12H,3-4,9-11,13H2,1-2H3. The number of hydrogen-bond acceptors (Lipinski definition) is 4. The minimum Gasteiger partial charge on any atom is -0.494 e. The van der Waals surface area contributed by atoms with Crippen molar-refractivity contribution in [2.24, 2.45) is 0 Å². The van der Waals surface area contributed by atoms with Crippen molar-refractivity contribution in [2.45, 2.75) is 26.8 Å². The first-order valence-corrected chi connectivity index (χ1v) is 7.69. The molecular formula is C17H23NO4. The Morgan fingerprint density at radius 3 is 2.77 bits per heavy atom. The Balaban J connectivity index is 1.89. The number of benzene rings is 1. The molecule has 2 rings (SSSR count). The van der Waals surface area contributed by atoms with Gasteiger partial charge in [0.25, 0.3) is 0 Å². The number of ether oxygens (including phenoxy) is 3. The van der Waals surface area contributed by atoms with E-state index in [1.807, 2.05) is 48.9 Å². The van der Waals surface area contributed by atoms with Crippen molar-refractivity contribution in [1.82, 2.24) is 4.57 Å². The van der Waals surface area contributed by atoms with Gasteiger partial charge < -0.3 is 18.8 Å². The third kappa shape index (κ3) is 4.49. The highest BCUT2D eigenvalue weighted by Crippen LogP contribution is 2.22. The van der Waals surface area contributed by atoms with Gasteiger partial charge in [-0.05, 0) is 37.6 Å². The number of fused-ring (bicyclic) bond motifs is 1. The van der Waals surface area contributed by atoms with E-state index in [0.717, 1.165) is 23.1 Å². The molecule has 0 spiro atoms. The summed E-state index contributed by atoms with van der Waals surface area (Å²) >= 11 is 0. The van der Waals surface area contributed by atoms with Crippen LogP contribution < -0.4 is 4.74 Å². The summed E-state index contributed by atoms with van der Waals surface area (Å²) < 4.78 is 17.8. The van der Waals surface area contributed by atoms with Crippen LogP contribution in [-0.2, 0) is 20.8 Å². The molecule has 5 nitrogen and oxygen atoms in total. The maximum Gasteiger partial charge on any atom is 0.326 e. The summed E-state index contributed by atoms with van der Waals surface area (Å²) in [6.45, 7) is 6.28. The van der Waals surface area contributed by atoms with Gasteiger partial charge in [0.2, 0.25) is 0 Å². The van der Waals surface area contributed by atoms with Crippen molar-refractivity contribution in [3.8, 4) is 5.75 Å². The molecule has 22 heavy (non-hydrogen) atoms. The molecule has 1 heterocycles. The van der Waals surface area contributed by atoms with Crippen molar-refractivity contribution in [2.75, 3.05) is 26.4 Å². The molecule has 0 aliphatic heterocycles. The number of carbonyl (C=O) groups is 1. The molecule has 0 aliphatic carbocycles. The van der Waals surface area contributed by atoms with E-state index in [1.165, 1.54) is 0 Å². The van der Waals surface area contributed by atoms with E-state index in [1.54, 1.807) is 0 Å². The minimum absolute atomic E-state index is 0.200. The van der Waals surface area contributed by atoms with Crippen LogP contribution >= 0.6 is 0 Å². The molecule has 0 amide bonds. The number of nitrogens with zero attached hydrogens (tertiary/aromatic N) is 1. The highest BCUT2D eigenvalue weighted by atomic mass is 16.6. The first-order valence-electron chi connectivity index (χ1n) is 7.69. The SMILES string of the molecule is CCCOCCOC(=O)Cn1ccc2cc(OCC)ccc21. The highest BCUT2D eigenvalue weighted by molar-refractivity contribution is 5.83. The topological polar surface area (TPSA) is 49.7 Å². The van der Waals surface area contributed by atoms with Gasteiger partial charge in [-0.25, -0.2) is 0 Å². The third-order valence-electron chi connectivity index (χ3n) is 3.19. The monoisotopic (exact) mass is 305 g/mol. The summed E-state index contributed by atoms with van der Waals surface area (Å²) in [5.74, 6) is 0.579. The van der Waals surface area contributed by atoms with Crippen LogP contribution in [0, 0.1) is 0 Å². The van der Waals surface area contributed by atoms with E-state index in [4.69, 9.17) is 14.2 Å². The Morgan fingerprint density at radius 2 is 2.00 bits per heavy atom. The summed E-state index contributed by atoms with van der Waals surface area (Å²) in [7, 11) is 0. The zero-order valence-electron chi connectivity index (χ0n) is 13.2. The van der Waals surface area contributed by atoms with Crippen LogP contribution in [0.3, 0.4) is 0 Å². The summed E-state index contributed by atoms with van der Waals surface area (Å²) in [6.07, 6.45) is 2.85. The minimum atomic E-state index is -0.258. The molecule has 0 unspecified atom stereocenters. The van der Waals surface area contributed by atoms with Gasteiger partial charge in [-0.3, -0.25) is 4.79 Å². The van der Waals surface area contributed by atoms with Crippen molar-refractivity contribution in [3.63, 3.8) is 0 Å². The lowest BCUT2D eigenvalue weighted by molar-refractivity contribution is -0.145. The van der Waals surface area contributed by atoms with Crippen LogP contribution in [0.4, 0.5) is 0 Å². The van der Waals surface area contributed by atoms with Gasteiger partial charge in [-0.2, -0.15) is 0 Å². The molecule has 1 aromatic heterocycles. The van der Waals surface area contributed by atoms with E-state index >= 15 is 0 Å². The van der Waals surface area contributed by atoms with Crippen molar-refractivity contribution >= 4 is 16.9 Å². The maximum absolute atomic E-state index is 11.8. The van der Waals surface area contributed by atoms with Gasteiger partial charge >= 0.3 is 5.97 Å². The van der Waals surface area contributed by atoms with Crippen LogP contribution in [0.1, 0.15) is 20.3 Å². The average Bonchev–Trinajstić information content (AvgIpc) is 2.90. The lowest BCUT2D eigenvalue weighted by Gasteiger charge is -2.08. The molecule has 0 saturated carbocycles. The molecule has 0 N–H and O–H groups in total. The molecule has 0 fully saturated rings. The molecule has 2 aromatic rings. The highest BCUT2D eigenvalue weighted by Gasteiger charge is 2.08. The molecule has 5 heteroatoms. The second-order valence-electron chi connectivity index (χ2n) is 4.93. The van der Waals surface area contributed by atoms with Crippen LogP contribution in [0.5, 0.6) is 5.75 Å². The van der Waals surface area contributed by atoms with Crippen molar-refractivity contribution in [1.29, 1.82) is 0 Å². The molecule has 0 aliphatic rings. The zero-order chi connectivity index (χ0) is 15.8. The molecule has 0 bridgehead atoms. The third-order valence-corrected chi connectivity index (χ3v) is 3.19. The second-order valence-corrected chi connectivity index (χ2v) is 4.93. The van der Waals surface area contributed by atoms with Crippen LogP contribution in [0.2, 0.25) is 0 Å². The molecule has 0 atom stereocenters. The van der Waals surface area contributed by atoms with E-state index in [0.29, 0.717) is 26.4 Å². The molecule has 1 aromatic carbocycles. The first-order chi connectivity index (χ1) is 10.7. The maximum atomic E-state index is 11.8. The van der Waals surface area contributed by atoms with Gasteiger partial charge in [-0.1, -0.05) is 6.92 Å². The van der Waals surface area contributed by atoms with E-state index < -0.39 is 0 Å². The van der Waals surface area contributed by atoms with Gasteiger partial charge in [0.1, 0.15) is 18.9 Å². The first kappa shape index (κ1) is 16.4. The number of esters is 1. The Labute approximate surface area is 130 Å². The normalized spacial score (nSPS) is 10.8. The number of carbonyl (C=O) groups excluding carboxylic acids is 1. The van der Waals surface area contributed by atoms with E-state index in [-0.39, 0.29) is 12.5 Å². The van der Waals surface area contributed by atoms with Gasteiger partial charge in [0.05, 0.1) is 13.2 Å². The second kappa shape index (κ2) is 8.44. The zero-order valence-corrected chi connectivity index (χ0v) is 13.2. The Hall–Kier alpha value is -2.01. The fourth-order valence-electron chi connectivity index (χ4n) is 2.22. The van der Waals surface area contributed by atoms with Crippen molar-refractivity contribution in [3.05, 3.63) is 30.5 Å². The van der Waals surface area contributed by atoms with Crippen LogP contribution in [-0.4, -0.2) is 37.0 Å². The van der Waals surface area contributed by atoms with E-state index in [9.17, 15) is 4.79 Å². The smallest absolute Gasteiger partial charge is 0.326 e. The molecule has 120 valence electrons. The quantitative estimate of drug-likeness (QED) is 0.528. The summed E-state index contributed by atoms with van der Waals surface area (Å²) in [6, 6.07) is 7.80. The summed E-state index contributed by atoms with van der Waals surface area (Å²) in [4.78, 5) is 11.8. The number of aromatic nitrogens is 1. The fraction of sp³-hybridized carbons (Fsp3) is 0.471. The predicted octanol–water partition coefficient (Wildman–Crippen LogP) is 3.01. The van der Waals surface area contributed by atoms with Gasteiger partial charge in [0.15, 0.2) is 0 Å². The fourth-order valence-corrected chi connectivity index (χ4v) is 2.22. The summed E-state index contributed by atoms with van der Waals surface area (Å²) in [5, 5.41) is 1.05. The molecule has 0 saturated heterocycles. The molecular weight excluding hydrogens is 282 g/mol. The number of hydrogen-bond donors (Lipinski definition) is 0. The summed E-state index contributed by atoms with van der Waals surface area (Å²) in [5.41, 5.74) is 0.989. The largest absolute Gasteiger partial charge is 0.494 e. The van der Waals surface area contributed by atoms with E-state index in [2.05, 4.69) is 0 Å². The van der Waals surface area contributed by atoms with Gasteiger partial charge in [0, 0.05) is 23.7 Å². The van der Waals surface area contributed by atoms with Crippen LogP contribution in [0.15, 0.2) is 30.5 Å². The Bertz CT molecular complexity index is 606. The Kier molecular flexibility index (Phi) is 6.27. The lowest BCUT2D eigenvalue weighted by atomic mass is 10.2. The Morgan fingerprint density at radius 1 is 1.14 bits per heavy atom. The van der Waals surface area contributed by atoms with Crippen LogP contribution in [0.25, 0.3) is 10.9 Å². The lowest BCUT2D eigenvalue weighted by Crippen LogP contribution is -2.16. The number of rotatable bonds is 9. The predicted molar refractivity (Wildman–Crippen MR) is 85.2 cm³/mol. The molecule has 0 radical (unpaired) electrons. The van der Waals surface area contributed by atoms with Gasteiger partial charge in [-0.15, -0.1) is 0 Å².